The minimum atomic E-state index is -0.263. The molecule has 0 unspecified atom stereocenters. The average molecular weight is 390 g/mol. The number of aryl methyl sites for hydroxylation is 1. The number of rotatable bonds is 5. The van der Waals surface area contributed by atoms with Gasteiger partial charge in [-0.3, -0.25) is 9.89 Å². The molecule has 0 aliphatic heterocycles. The van der Waals surface area contributed by atoms with Crippen molar-refractivity contribution >= 4 is 22.9 Å². The van der Waals surface area contributed by atoms with Gasteiger partial charge in [0.05, 0.1) is 29.2 Å². The fourth-order valence-electron chi connectivity index (χ4n) is 2.86. The number of H-pyrrole nitrogens is 1. The molecule has 0 spiro atoms. The zero-order valence-corrected chi connectivity index (χ0v) is 16.2. The van der Waals surface area contributed by atoms with E-state index in [2.05, 4.69) is 20.5 Å². The van der Waals surface area contributed by atoms with Crippen LogP contribution in [-0.2, 0) is 0 Å². The molecular formula is C21H18N4O2S. The molecule has 2 heterocycles. The average Bonchev–Trinajstić information content (AvgIpc) is 3.38. The van der Waals surface area contributed by atoms with Gasteiger partial charge >= 0.3 is 0 Å². The van der Waals surface area contributed by atoms with E-state index in [9.17, 15) is 4.79 Å². The van der Waals surface area contributed by atoms with Crippen molar-refractivity contribution in [3.8, 4) is 28.3 Å². The van der Waals surface area contributed by atoms with Crippen LogP contribution in [0.4, 0.5) is 5.69 Å². The van der Waals surface area contributed by atoms with Crippen molar-refractivity contribution in [2.24, 2.45) is 0 Å². The Kier molecular flexibility index (Phi) is 4.90. The first-order valence-corrected chi connectivity index (χ1v) is 9.55. The van der Waals surface area contributed by atoms with Crippen LogP contribution in [0.3, 0.4) is 0 Å². The molecule has 0 atom stereocenters. The summed E-state index contributed by atoms with van der Waals surface area (Å²) in [5, 5.41) is 13.0. The molecule has 140 valence electrons. The normalized spacial score (nSPS) is 10.6. The van der Waals surface area contributed by atoms with Crippen LogP contribution in [0.25, 0.3) is 22.5 Å². The van der Waals surface area contributed by atoms with Crippen LogP contribution in [0.15, 0.2) is 60.0 Å². The Morgan fingerprint density at radius 3 is 2.75 bits per heavy atom. The lowest BCUT2D eigenvalue weighted by Gasteiger charge is -2.08. The maximum atomic E-state index is 12.7. The summed E-state index contributed by atoms with van der Waals surface area (Å²) < 4.78 is 5.24. The lowest BCUT2D eigenvalue weighted by molar-refractivity contribution is 0.102. The van der Waals surface area contributed by atoms with E-state index in [-0.39, 0.29) is 5.91 Å². The molecule has 0 fully saturated rings. The molecule has 2 aromatic heterocycles. The first kappa shape index (κ1) is 17.9. The minimum absolute atomic E-state index is 0.263. The number of hydrogen-bond acceptors (Lipinski definition) is 5. The Bertz CT molecular complexity index is 1130. The highest BCUT2D eigenvalue weighted by molar-refractivity contribution is 7.09. The molecule has 0 aliphatic rings. The Labute approximate surface area is 166 Å². The number of amides is 1. The van der Waals surface area contributed by atoms with E-state index in [0.29, 0.717) is 17.1 Å². The number of nitrogens with one attached hydrogen (secondary N) is 2. The molecule has 4 rings (SSSR count). The summed E-state index contributed by atoms with van der Waals surface area (Å²) >= 11 is 1.58. The molecule has 0 saturated carbocycles. The number of hydrogen-bond donors (Lipinski definition) is 2. The van der Waals surface area contributed by atoms with E-state index in [0.717, 1.165) is 27.6 Å². The summed E-state index contributed by atoms with van der Waals surface area (Å²) in [5.41, 5.74) is 4.35. The number of para-hydroxylation sites is 1. The zero-order chi connectivity index (χ0) is 19.5. The van der Waals surface area contributed by atoms with Crippen LogP contribution < -0.4 is 10.1 Å². The number of thiazole rings is 1. The molecule has 1 amide bonds. The number of aromatic amines is 1. The predicted octanol–water partition coefficient (Wildman–Crippen LogP) is 4.77. The topological polar surface area (TPSA) is 79.9 Å². The van der Waals surface area contributed by atoms with Crippen LogP contribution >= 0.6 is 11.3 Å². The van der Waals surface area contributed by atoms with E-state index in [4.69, 9.17) is 4.74 Å². The van der Waals surface area contributed by atoms with Gasteiger partial charge in [-0.25, -0.2) is 4.98 Å². The van der Waals surface area contributed by atoms with Crippen LogP contribution in [0.1, 0.15) is 15.5 Å². The van der Waals surface area contributed by atoms with Gasteiger partial charge in [0.1, 0.15) is 11.4 Å². The van der Waals surface area contributed by atoms with E-state index >= 15 is 0 Å². The van der Waals surface area contributed by atoms with E-state index < -0.39 is 0 Å². The van der Waals surface area contributed by atoms with Gasteiger partial charge < -0.3 is 10.1 Å². The fraction of sp³-hybridized carbons (Fsp3) is 0.0952. The third-order valence-corrected chi connectivity index (χ3v) is 5.03. The van der Waals surface area contributed by atoms with Gasteiger partial charge in [-0.2, -0.15) is 5.10 Å². The monoisotopic (exact) mass is 390 g/mol. The first-order valence-electron chi connectivity index (χ1n) is 8.67. The summed E-state index contributed by atoms with van der Waals surface area (Å²) in [7, 11) is 1.61. The highest BCUT2D eigenvalue weighted by Gasteiger charge is 2.15. The second-order valence-electron chi connectivity index (χ2n) is 6.15. The van der Waals surface area contributed by atoms with Crippen LogP contribution in [0.2, 0.25) is 0 Å². The maximum Gasteiger partial charge on any atom is 0.273 e. The van der Waals surface area contributed by atoms with Gasteiger partial charge in [0.2, 0.25) is 0 Å². The third-order valence-electron chi connectivity index (χ3n) is 4.26. The van der Waals surface area contributed by atoms with Crippen LogP contribution in [-0.4, -0.2) is 28.2 Å². The van der Waals surface area contributed by atoms with Gasteiger partial charge in [-0.05, 0) is 31.2 Å². The van der Waals surface area contributed by atoms with Gasteiger partial charge in [0, 0.05) is 16.5 Å². The number of aromatic nitrogens is 3. The number of nitrogens with zero attached hydrogens (tertiary/aromatic N) is 2. The van der Waals surface area contributed by atoms with Crippen molar-refractivity contribution in [1.29, 1.82) is 0 Å². The quantitative estimate of drug-likeness (QED) is 0.514. The molecule has 6 nitrogen and oxygen atoms in total. The Hall–Kier alpha value is -3.45. The highest BCUT2D eigenvalue weighted by atomic mass is 32.1. The van der Waals surface area contributed by atoms with Crippen molar-refractivity contribution in [2.45, 2.75) is 6.92 Å². The predicted molar refractivity (Wildman–Crippen MR) is 111 cm³/mol. The molecule has 0 bridgehead atoms. The SMILES string of the molecule is COc1cccc(-c2cc(C(=O)Nc3ccccc3-c3csc(C)n3)[nH]n2)c1. The number of carbonyl (C=O) groups is 1. The van der Waals surface area contributed by atoms with Crippen LogP contribution in [0, 0.1) is 6.92 Å². The van der Waals surface area contributed by atoms with Gasteiger partial charge in [-0.15, -0.1) is 11.3 Å². The summed E-state index contributed by atoms with van der Waals surface area (Å²) in [6.07, 6.45) is 0. The standard InChI is InChI=1S/C21H18N4O2S/c1-13-22-20(12-28-13)16-8-3-4-9-17(16)23-21(26)19-11-18(24-25-19)14-6-5-7-15(10-14)27-2/h3-12H,1-2H3,(H,23,26)(H,24,25). The molecule has 7 heteroatoms. The van der Waals surface area contributed by atoms with Gasteiger partial charge in [0.25, 0.3) is 5.91 Å². The van der Waals surface area contributed by atoms with Crippen LogP contribution in [0.5, 0.6) is 5.75 Å². The smallest absolute Gasteiger partial charge is 0.273 e. The van der Waals surface area contributed by atoms with Crippen molar-refractivity contribution in [2.75, 3.05) is 12.4 Å². The van der Waals surface area contributed by atoms with Crippen molar-refractivity contribution in [3.05, 3.63) is 70.7 Å². The number of anilines is 1. The Balaban J connectivity index is 1.58. The number of carbonyl (C=O) groups excluding carboxylic acids is 1. The Morgan fingerprint density at radius 1 is 1.11 bits per heavy atom. The molecule has 4 aromatic rings. The second kappa shape index (κ2) is 7.66. The first-order chi connectivity index (χ1) is 13.6. The highest BCUT2D eigenvalue weighted by Crippen LogP contribution is 2.29. The van der Waals surface area contributed by atoms with Crippen molar-refractivity contribution in [3.63, 3.8) is 0 Å². The van der Waals surface area contributed by atoms with E-state index in [1.165, 1.54) is 0 Å². The van der Waals surface area contributed by atoms with Gasteiger partial charge in [0.15, 0.2) is 0 Å². The summed E-state index contributed by atoms with van der Waals surface area (Å²) in [5.74, 6) is 0.472. The second-order valence-corrected chi connectivity index (χ2v) is 7.21. The zero-order valence-electron chi connectivity index (χ0n) is 15.4. The maximum absolute atomic E-state index is 12.7. The molecule has 0 saturated heterocycles. The summed E-state index contributed by atoms with van der Waals surface area (Å²) in [6, 6.07) is 16.9. The van der Waals surface area contributed by atoms with Gasteiger partial charge in [-0.1, -0.05) is 30.3 Å². The molecule has 28 heavy (non-hydrogen) atoms. The Morgan fingerprint density at radius 2 is 1.96 bits per heavy atom. The van der Waals surface area contributed by atoms with Crippen molar-refractivity contribution in [1.82, 2.24) is 15.2 Å². The lowest BCUT2D eigenvalue weighted by atomic mass is 10.1. The molecule has 2 N–H and O–H groups in total. The molecular weight excluding hydrogens is 372 g/mol. The number of methoxy groups -OCH3 is 1. The fourth-order valence-corrected chi connectivity index (χ4v) is 3.47. The molecule has 0 radical (unpaired) electrons. The minimum Gasteiger partial charge on any atom is -0.497 e. The summed E-state index contributed by atoms with van der Waals surface area (Å²) in [4.78, 5) is 17.3. The lowest BCUT2D eigenvalue weighted by Crippen LogP contribution is -2.13. The summed E-state index contributed by atoms with van der Waals surface area (Å²) in [6.45, 7) is 1.96. The third kappa shape index (κ3) is 3.65. The van der Waals surface area contributed by atoms with E-state index in [1.807, 2.05) is 60.8 Å². The van der Waals surface area contributed by atoms with Crippen molar-refractivity contribution < 1.29 is 9.53 Å². The molecule has 0 aliphatic carbocycles. The van der Waals surface area contributed by atoms with E-state index in [1.54, 1.807) is 24.5 Å². The largest absolute Gasteiger partial charge is 0.497 e. The number of ether oxygens (including phenoxy) is 1. The number of benzene rings is 2. The molecule has 2 aromatic carbocycles.